The van der Waals surface area contributed by atoms with Crippen LogP contribution in [0.25, 0.3) is 33.5 Å². The van der Waals surface area contributed by atoms with Gasteiger partial charge in [0.05, 0.1) is 17.5 Å². The molecule has 3 aromatic heterocycles. The number of furan rings is 1. The number of fused-ring (bicyclic) bond motifs is 5. The van der Waals surface area contributed by atoms with Crippen molar-refractivity contribution < 1.29 is 14.3 Å². The number of nitrogens with one attached hydrogen (secondary N) is 1. The predicted molar refractivity (Wildman–Crippen MR) is 115 cm³/mol. The molecule has 4 heterocycles. The number of H-pyrrole nitrogens is 1. The molecule has 0 radical (unpaired) electrons. The van der Waals surface area contributed by atoms with Crippen LogP contribution in [0.3, 0.4) is 0 Å². The third-order valence-electron chi connectivity index (χ3n) is 6.06. The van der Waals surface area contributed by atoms with Crippen molar-refractivity contribution in [2.24, 2.45) is 5.41 Å². The lowest BCUT2D eigenvalue weighted by Gasteiger charge is -2.39. The summed E-state index contributed by atoms with van der Waals surface area (Å²) >= 11 is 0. The van der Waals surface area contributed by atoms with Crippen LogP contribution in [0.4, 0.5) is 0 Å². The van der Waals surface area contributed by atoms with Crippen molar-refractivity contribution in [1.82, 2.24) is 9.55 Å². The smallest absolute Gasteiger partial charge is 0.341 e. The number of carboxylic acid groups (broad SMARTS) is 1. The zero-order valence-corrected chi connectivity index (χ0v) is 17.0. The Balaban J connectivity index is 1.88. The van der Waals surface area contributed by atoms with Crippen LogP contribution in [0.15, 0.2) is 58.2 Å². The Morgan fingerprint density at radius 1 is 1.23 bits per heavy atom. The number of hydrogen-bond acceptors (Lipinski definition) is 3. The molecule has 5 rings (SSSR count). The van der Waals surface area contributed by atoms with E-state index in [4.69, 9.17) is 4.42 Å². The third-order valence-corrected chi connectivity index (χ3v) is 6.06. The fourth-order valence-electron chi connectivity index (χ4n) is 4.57. The first-order chi connectivity index (χ1) is 14.3. The molecule has 152 valence electrons. The summed E-state index contributed by atoms with van der Waals surface area (Å²) in [7, 11) is 0. The minimum atomic E-state index is -1.20. The van der Waals surface area contributed by atoms with E-state index >= 15 is 0 Å². The van der Waals surface area contributed by atoms with Gasteiger partial charge in [-0.3, -0.25) is 4.79 Å². The Hall–Kier alpha value is -3.54. The van der Waals surface area contributed by atoms with Crippen LogP contribution in [0.2, 0.25) is 0 Å². The topological polar surface area (TPSA) is 88.2 Å². The van der Waals surface area contributed by atoms with Crippen LogP contribution in [-0.2, 0) is 6.42 Å². The van der Waals surface area contributed by atoms with Gasteiger partial charge in [-0.05, 0) is 41.7 Å². The minimum Gasteiger partial charge on any atom is -0.477 e. The molecule has 0 saturated heterocycles. The molecule has 1 aliphatic heterocycles. The van der Waals surface area contributed by atoms with E-state index < -0.39 is 11.4 Å². The first-order valence-corrected chi connectivity index (χ1v) is 9.92. The van der Waals surface area contributed by atoms with Crippen molar-refractivity contribution in [3.63, 3.8) is 0 Å². The van der Waals surface area contributed by atoms with E-state index in [1.165, 1.54) is 12.3 Å². The van der Waals surface area contributed by atoms with Crippen LogP contribution in [-0.4, -0.2) is 20.6 Å². The first kappa shape index (κ1) is 18.5. The van der Waals surface area contributed by atoms with Gasteiger partial charge in [-0.25, -0.2) is 4.79 Å². The number of rotatable bonds is 2. The summed E-state index contributed by atoms with van der Waals surface area (Å²) < 4.78 is 7.63. The van der Waals surface area contributed by atoms with Crippen molar-refractivity contribution in [2.75, 3.05) is 0 Å². The second-order valence-corrected chi connectivity index (χ2v) is 8.93. The summed E-state index contributed by atoms with van der Waals surface area (Å²) in [6.45, 7) is 6.41. The third kappa shape index (κ3) is 2.64. The molecule has 0 saturated carbocycles. The SMILES string of the molecule is CC(C)(C)[C@@H]1Cc2c(cc(-c3ccco3)c3[nH]ccc23)-c2cc(=O)c(C(=O)O)cn21. The van der Waals surface area contributed by atoms with Crippen LogP contribution in [0, 0.1) is 5.41 Å². The van der Waals surface area contributed by atoms with Crippen LogP contribution in [0.5, 0.6) is 0 Å². The summed E-state index contributed by atoms with van der Waals surface area (Å²) in [6.07, 6.45) is 5.79. The maximum Gasteiger partial charge on any atom is 0.341 e. The van der Waals surface area contributed by atoms with E-state index in [2.05, 4.69) is 31.8 Å². The number of carbonyl (C=O) groups is 1. The highest BCUT2D eigenvalue weighted by Gasteiger charge is 2.35. The second-order valence-electron chi connectivity index (χ2n) is 8.93. The standard InChI is InChI=1S/C24H22N2O4/c1-24(2,3)21-10-14-13-6-7-25-22(13)16(20-5-4-8-30-20)9-15(14)18-11-19(27)17(23(28)29)12-26(18)21/h4-9,11-12,21,25H,10H2,1-3H3,(H,28,29)/t21-/m0/s1. The van der Waals surface area contributed by atoms with Crippen molar-refractivity contribution in [3.8, 4) is 22.6 Å². The Kier molecular flexibility index (Phi) is 3.84. The number of aromatic amines is 1. The summed E-state index contributed by atoms with van der Waals surface area (Å²) in [5.41, 5.74) is 3.91. The second kappa shape index (κ2) is 6.23. The van der Waals surface area contributed by atoms with Crippen LogP contribution >= 0.6 is 0 Å². The van der Waals surface area contributed by atoms with E-state index in [-0.39, 0.29) is 17.0 Å². The molecule has 0 bridgehead atoms. The average Bonchev–Trinajstić information content (AvgIpc) is 3.37. The summed E-state index contributed by atoms with van der Waals surface area (Å²) in [6, 6.07) is 9.31. The van der Waals surface area contributed by atoms with Gasteiger partial charge in [-0.15, -0.1) is 0 Å². The highest BCUT2D eigenvalue weighted by atomic mass is 16.4. The van der Waals surface area contributed by atoms with E-state index in [9.17, 15) is 14.7 Å². The van der Waals surface area contributed by atoms with Crippen molar-refractivity contribution in [3.05, 3.63) is 70.3 Å². The molecule has 1 atom stereocenters. The molecular formula is C24H22N2O4. The summed E-state index contributed by atoms with van der Waals surface area (Å²) in [5.74, 6) is -0.467. The van der Waals surface area contributed by atoms with Crippen molar-refractivity contribution in [2.45, 2.75) is 33.2 Å². The molecule has 2 N–H and O–H groups in total. The fraction of sp³-hybridized carbons (Fsp3) is 0.250. The number of hydrogen-bond donors (Lipinski definition) is 2. The monoisotopic (exact) mass is 402 g/mol. The molecule has 1 aliphatic rings. The number of carboxylic acids is 1. The van der Waals surface area contributed by atoms with E-state index in [0.717, 1.165) is 45.5 Å². The molecule has 30 heavy (non-hydrogen) atoms. The zero-order chi connectivity index (χ0) is 21.2. The van der Waals surface area contributed by atoms with Gasteiger partial charge in [0.2, 0.25) is 0 Å². The summed E-state index contributed by atoms with van der Waals surface area (Å²) in [5, 5.41) is 10.6. The highest BCUT2D eigenvalue weighted by molar-refractivity contribution is 6.00. The zero-order valence-electron chi connectivity index (χ0n) is 17.0. The van der Waals surface area contributed by atoms with Gasteiger partial charge in [-0.1, -0.05) is 20.8 Å². The van der Waals surface area contributed by atoms with Gasteiger partial charge < -0.3 is 19.1 Å². The molecule has 0 amide bonds. The number of aromatic nitrogens is 2. The lowest BCUT2D eigenvalue weighted by atomic mass is 9.77. The maximum absolute atomic E-state index is 12.6. The number of aromatic carboxylic acids is 1. The fourth-order valence-corrected chi connectivity index (χ4v) is 4.57. The Labute approximate surface area is 172 Å². The van der Waals surface area contributed by atoms with Crippen molar-refractivity contribution >= 4 is 16.9 Å². The largest absolute Gasteiger partial charge is 0.477 e. The van der Waals surface area contributed by atoms with Crippen LogP contribution in [0.1, 0.15) is 42.7 Å². The van der Waals surface area contributed by atoms with Gasteiger partial charge in [0.1, 0.15) is 11.3 Å². The van der Waals surface area contributed by atoms with E-state index in [1.54, 1.807) is 6.26 Å². The van der Waals surface area contributed by atoms with Gasteiger partial charge >= 0.3 is 5.97 Å². The molecule has 6 nitrogen and oxygen atoms in total. The van der Waals surface area contributed by atoms with E-state index in [0.29, 0.717) is 0 Å². The lowest BCUT2D eigenvalue weighted by molar-refractivity contribution is 0.0693. The molecule has 0 aliphatic carbocycles. The molecule has 6 heteroatoms. The number of nitrogens with zero attached hydrogens (tertiary/aromatic N) is 1. The van der Waals surface area contributed by atoms with Crippen molar-refractivity contribution in [1.29, 1.82) is 0 Å². The Morgan fingerprint density at radius 2 is 2.03 bits per heavy atom. The molecule has 0 fully saturated rings. The summed E-state index contributed by atoms with van der Waals surface area (Å²) in [4.78, 5) is 27.6. The average molecular weight is 402 g/mol. The molecule has 0 unspecified atom stereocenters. The van der Waals surface area contributed by atoms with Gasteiger partial charge in [0.25, 0.3) is 0 Å². The van der Waals surface area contributed by atoms with Crippen LogP contribution < -0.4 is 5.43 Å². The van der Waals surface area contributed by atoms with Gasteiger partial charge in [-0.2, -0.15) is 0 Å². The minimum absolute atomic E-state index is 0.00580. The lowest BCUT2D eigenvalue weighted by Crippen LogP contribution is -2.32. The Morgan fingerprint density at radius 3 is 2.70 bits per heavy atom. The van der Waals surface area contributed by atoms with Gasteiger partial charge in [0.15, 0.2) is 5.43 Å². The molecule has 1 aromatic carbocycles. The number of benzene rings is 1. The van der Waals surface area contributed by atoms with E-state index in [1.807, 2.05) is 29.0 Å². The van der Waals surface area contributed by atoms with Gasteiger partial charge in [0, 0.05) is 41.0 Å². The maximum atomic E-state index is 12.6. The normalized spacial score (nSPS) is 15.8. The quantitative estimate of drug-likeness (QED) is 0.488. The predicted octanol–water partition coefficient (Wildman–Crippen LogP) is 5.10. The Bertz CT molecular complexity index is 1350. The first-order valence-electron chi connectivity index (χ1n) is 9.92. The molecule has 4 aromatic rings. The highest BCUT2D eigenvalue weighted by Crippen LogP contribution is 2.46. The molecule has 0 spiro atoms. The molecular weight excluding hydrogens is 380 g/mol. The number of pyridine rings is 1.